The lowest BCUT2D eigenvalue weighted by atomic mass is 10.1. The van der Waals surface area contributed by atoms with E-state index in [1.165, 1.54) is 12.7 Å². The Morgan fingerprint density at radius 2 is 1.71 bits per heavy atom. The number of hydrogen-bond acceptors (Lipinski definition) is 4. The Kier molecular flexibility index (Phi) is 6.14. The zero-order valence-corrected chi connectivity index (χ0v) is 14.7. The smallest absolute Gasteiger partial charge is 0.257 e. The highest BCUT2D eigenvalue weighted by Crippen LogP contribution is 2.27. The van der Waals surface area contributed by atoms with Crippen LogP contribution in [-0.4, -0.2) is 25.2 Å². The van der Waals surface area contributed by atoms with Gasteiger partial charge in [0.1, 0.15) is 0 Å². The molecule has 2 rings (SSSR count). The molecule has 6 heteroatoms. The maximum atomic E-state index is 12.3. The Labute approximate surface area is 147 Å². The van der Waals surface area contributed by atoms with Gasteiger partial charge >= 0.3 is 0 Å². The predicted molar refractivity (Wildman–Crippen MR) is 99.1 cm³/mol. The second kappa shape index (κ2) is 8.31. The van der Waals surface area contributed by atoms with Crippen molar-refractivity contribution in [3.8, 4) is 11.5 Å². The molecule has 0 aliphatic rings. The largest absolute Gasteiger partial charge is 0.493 e. The molecule has 0 saturated heterocycles. The summed E-state index contributed by atoms with van der Waals surface area (Å²) >= 11 is 5.18. The molecular weight excluding hydrogens is 324 g/mol. The second-order valence-electron chi connectivity index (χ2n) is 5.03. The summed E-state index contributed by atoms with van der Waals surface area (Å²) in [5.74, 6) is 0.726. The van der Waals surface area contributed by atoms with Crippen LogP contribution in [0.25, 0.3) is 0 Å². The fraction of sp³-hybridized carbons (Fsp3) is 0.222. The quantitative estimate of drug-likeness (QED) is 0.814. The van der Waals surface area contributed by atoms with Crippen molar-refractivity contribution in [3.63, 3.8) is 0 Å². The highest BCUT2D eigenvalue weighted by Gasteiger charge is 2.12. The van der Waals surface area contributed by atoms with Crippen LogP contribution in [0.3, 0.4) is 0 Å². The second-order valence-corrected chi connectivity index (χ2v) is 5.44. The molecule has 0 aliphatic heterocycles. The number of rotatable bonds is 5. The third-order valence-electron chi connectivity index (χ3n) is 3.49. The van der Waals surface area contributed by atoms with Gasteiger partial charge in [-0.1, -0.05) is 19.1 Å². The molecule has 2 N–H and O–H groups in total. The number of anilines is 1. The molecule has 0 atom stereocenters. The summed E-state index contributed by atoms with van der Waals surface area (Å²) in [6.45, 7) is 2.09. The number of benzene rings is 2. The summed E-state index contributed by atoms with van der Waals surface area (Å²) in [5.41, 5.74) is 2.49. The molecule has 0 aromatic heterocycles. The average molecular weight is 344 g/mol. The first-order chi connectivity index (χ1) is 11.6. The normalized spacial score (nSPS) is 9.96. The first-order valence-corrected chi connectivity index (χ1v) is 7.91. The maximum absolute atomic E-state index is 12.3. The summed E-state index contributed by atoms with van der Waals surface area (Å²) in [7, 11) is 3.06. The molecule has 126 valence electrons. The number of aryl methyl sites for hydroxylation is 1. The molecule has 5 nitrogen and oxygen atoms in total. The van der Waals surface area contributed by atoms with Crippen molar-refractivity contribution in [3.05, 3.63) is 53.6 Å². The number of ether oxygens (including phenoxy) is 2. The molecule has 0 aliphatic carbocycles. The summed E-state index contributed by atoms with van der Waals surface area (Å²) in [4.78, 5) is 12.3. The average Bonchev–Trinajstić information content (AvgIpc) is 2.61. The van der Waals surface area contributed by atoms with Crippen molar-refractivity contribution in [1.29, 1.82) is 0 Å². The zero-order valence-electron chi connectivity index (χ0n) is 13.9. The van der Waals surface area contributed by atoms with Gasteiger partial charge in [0.15, 0.2) is 16.6 Å². The number of thiocarbonyl (C=S) groups is 1. The number of amides is 1. The highest BCUT2D eigenvalue weighted by atomic mass is 32.1. The van der Waals surface area contributed by atoms with E-state index >= 15 is 0 Å². The minimum absolute atomic E-state index is 0.235. The van der Waals surface area contributed by atoms with E-state index in [0.29, 0.717) is 17.1 Å². The van der Waals surface area contributed by atoms with Gasteiger partial charge in [0.25, 0.3) is 5.91 Å². The molecular formula is C18H20N2O3S. The van der Waals surface area contributed by atoms with Crippen LogP contribution in [0, 0.1) is 0 Å². The third kappa shape index (κ3) is 4.45. The van der Waals surface area contributed by atoms with Gasteiger partial charge in [0.05, 0.1) is 14.2 Å². The van der Waals surface area contributed by atoms with Gasteiger partial charge in [0, 0.05) is 11.3 Å². The van der Waals surface area contributed by atoms with Gasteiger partial charge in [-0.2, -0.15) is 0 Å². The number of carbonyl (C=O) groups excluding carboxylic acids is 1. The SMILES string of the molecule is CCc1ccc(NC(=S)NC(=O)c2ccc(OC)c(OC)c2)cc1. The number of methoxy groups -OCH3 is 2. The molecule has 0 unspecified atom stereocenters. The minimum atomic E-state index is -0.321. The summed E-state index contributed by atoms with van der Waals surface area (Å²) in [6.07, 6.45) is 0.973. The van der Waals surface area contributed by atoms with Crippen LogP contribution in [-0.2, 0) is 6.42 Å². The van der Waals surface area contributed by atoms with E-state index < -0.39 is 0 Å². The molecule has 2 aromatic carbocycles. The number of hydrogen-bond donors (Lipinski definition) is 2. The summed E-state index contributed by atoms with van der Waals surface area (Å²) < 4.78 is 10.4. The van der Waals surface area contributed by atoms with Crippen molar-refractivity contribution in [1.82, 2.24) is 5.32 Å². The van der Waals surface area contributed by atoms with Crippen LogP contribution in [0.4, 0.5) is 5.69 Å². The van der Waals surface area contributed by atoms with Crippen LogP contribution in [0.5, 0.6) is 11.5 Å². The minimum Gasteiger partial charge on any atom is -0.493 e. The molecule has 24 heavy (non-hydrogen) atoms. The molecule has 0 fully saturated rings. The van der Waals surface area contributed by atoms with E-state index in [-0.39, 0.29) is 11.0 Å². The number of nitrogens with one attached hydrogen (secondary N) is 2. The standard InChI is InChI=1S/C18H20N2O3S/c1-4-12-5-8-14(9-6-12)19-18(24)20-17(21)13-7-10-15(22-2)16(11-13)23-3/h5-11H,4H2,1-3H3,(H2,19,20,21,24). The van der Waals surface area contributed by atoms with Gasteiger partial charge in [-0.25, -0.2) is 0 Å². The first-order valence-electron chi connectivity index (χ1n) is 7.50. The van der Waals surface area contributed by atoms with E-state index in [0.717, 1.165) is 12.1 Å². The molecule has 2 aromatic rings. The maximum Gasteiger partial charge on any atom is 0.257 e. The van der Waals surface area contributed by atoms with Crippen LogP contribution in [0.15, 0.2) is 42.5 Å². The van der Waals surface area contributed by atoms with E-state index in [2.05, 4.69) is 17.6 Å². The zero-order chi connectivity index (χ0) is 17.5. The first kappa shape index (κ1) is 17.7. The molecule has 0 saturated carbocycles. The summed E-state index contributed by atoms with van der Waals surface area (Å²) in [5, 5.41) is 5.87. The molecule has 0 bridgehead atoms. The van der Waals surface area contributed by atoms with Crippen molar-refractivity contribution in [2.45, 2.75) is 13.3 Å². The predicted octanol–water partition coefficient (Wildman–Crippen LogP) is 3.39. The van der Waals surface area contributed by atoms with Crippen LogP contribution in [0.1, 0.15) is 22.8 Å². The van der Waals surface area contributed by atoms with Gasteiger partial charge in [-0.05, 0) is 54.5 Å². The Morgan fingerprint density at radius 1 is 1.04 bits per heavy atom. The molecule has 1 amide bonds. The van der Waals surface area contributed by atoms with Crippen LogP contribution >= 0.6 is 12.2 Å². The van der Waals surface area contributed by atoms with Crippen molar-refractivity contribution >= 4 is 28.9 Å². The Morgan fingerprint density at radius 3 is 2.29 bits per heavy atom. The van der Waals surface area contributed by atoms with Gasteiger partial charge in [-0.15, -0.1) is 0 Å². The van der Waals surface area contributed by atoms with Gasteiger partial charge < -0.3 is 14.8 Å². The van der Waals surface area contributed by atoms with E-state index in [1.54, 1.807) is 25.3 Å². The molecule has 0 spiro atoms. The van der Waals surface area contributed by atoms with Gasteiger partial charge in [0.2, 0.25) is 0 Å². The van der Waals surface area contributed by atoms with Crippen molar-refractivity contribution in [2.75, 3.05) is 19.5 Å². The van der Waals surface area contributed by atoms with Crippen LogP contribution in [0.2, 0.25) is 0 Å². The topological polar surface area (TPSA) is 59.6 Å². The highest BCUT2D eigenvalue weighted by molar-refractivity contribution is 7.80. The van der Waals surface area contributed by atoms with Crippen molar-refractivity contribution in [2.24, 2.45) is 0 Å². The fourth-order valence-electron chi connectivity index (χ4n) is 2.14. The van der Waals surface area contributed by atoms with Crippen LogP contribution < -0.4 is 20.1 Å². The molecule has 0 radical (unpaired) electrons. The molecule has 0 heterocycles. The van der Waals surface area contributed by atoms with E-state index in [4.69, 9.17) is 21.7 Å². The lowest BCUT2D eigenvalue weighted by molar-refractivity contribution is 0.0977. The lowest BCUT2D eigenvalue weighted by Crippen LogP contribution is -2.34. The van der Waals surface area contributed by atoms with Gasteiger partial charge in [-0.3, -0.25) is 10.1 Å². The number of carbonyl (C=O) groups is 1. The Hall–Kier alpha value is -2.60. The Balaban J connectivity index is 2.01. The summed E-state index contributed by atoms with van der Waals surface area (Å²) in [6, 6.07) is 12.8. The van der Waals surface area contributed by atoms with E-state index in [1.807, 2.05) is 24.3 Å². The lowest BCUT2D eigenvalue weighted by Gasteiger charge is -2.12. The fourth-order valence-corrected chi connectivity index (χ4v) is 2.35. The van der Waals surface area contributed by atoms with E-state index in [9.17, 15) is 4.79 Å². The Bertz CT molecular complexity index is 730. The monoisotopic (exact) mass is 344 g/mol. The third-order valence-corrected chi connectivity index (χ3v) is 3.70. The van der Waals surface area contributed by atoms with Crippen molar-refractivity contribution < 1.29 is 14.3 Å².